The van der Waals surface area contributed by atoms with Crippen LogP contribution in [0.3, 0.4) is 0 Å². The van der Waals surface area contributed by atoms with Gasteiger partial charge >= 0.3 is 0 Å². The van der Waals surface area contributed by atoms with Gasteiger partial charge in [-0.15, -0.1) is 11.8 Å². The third-order valence-corrected chi connectivity index (χ3v) is 4.30. The highest BCUT2D eigenvalue weighted by molar-refractivity contribution is 7.99. The lowest BCUT2D eigenvalue weighted by Gasteiger charge is -2.22. The summed E-state index contributed by atoms with van der Waals surface area (Å²) >= 11 is 1.80. The third kappa shape index (κ3) is 3.11. The van der Waals surface area contributed by atoms with Crippen LogP contribution in [0.4, 0.5) is 0 Å². The minimum atomic E-state index is 0.145. The van der Waals surface area contributed by atoms with Crippen molar-refractivity contribution in [3.63, 3.8) is 0 Å². The SMILES string of the molecule is CCCCNC[C@H]1CSc2ccccc2C1=O. The highest BCUT2D eigenvalue weighted by Crippen LogP contribution is 2.32. The monoisotopic (exact) mass is 249 g/mol. The van der Waals surface area contributed by atoms with E-state index in [1.54, 1.807) is 11.8 Å². The highest BCUT2D eigenvalue weighted by atomic mass is 32.2. The van der Waals surface area contributed by atoms with Crippen molar-refractivity contribution in [2.45, 2.75) is 24.7 Å². The van der Waals surface area contributed by atoms with Gasteiger partial charge in [0.1, 0.15) is 0 Å². The highest BCUT2D eigenvalue weighted by Gasteiger charge is 2.26. The first-order chi connectivity index (χ1) is 8.33. The number of hydrogen-bond acceptors (Lipinski definition) is 3. The van der Waals surface area contributed by atoms with E-state index < -0.39 is 0 Å². The van der Waals surface area contributed by atoms with E-state index in [0.717, 1.165) is 29.3 Å². The number of unbranched alkanes of at least 4 members (excludes halogenated alkanes) is 1. The molecule has 0 fully saturated rings. The van der Waals surface area contributed by atoms with Gasteiger partial charge in [0.15, 0.2) is 5.78 Å². The number of ketones is 1. The summed E-state index contributed by atoms with van der Waals surface area (Å²) in [4.78, 5) is 13.4. The van der Waals surface area contributed by atoms with Gasteiger partial charge in [0.25, 0.3) is 0 Å². The zero-order valence-electron chi connectivity index (χ0n) is 10.2. The summed E-state index contributed by atoms with van der Waals surface area (Å²) in [6.45, 7) is 4.02. The van der Waals surface area contributed by atoms with E-state index in [1.165, 1.54) is 12.8 Å². The van der Waals surface area contributed by atoms with E-state index in [4.69, 9.17) is 0 Å². The molecule has 1 heterocycles. The van der Waals surface area contributed by atoms with Crippen molar-refractivity contribution < 1.29 is 4.79 Å². The second-order valence-corrected chi connectivity index (χ2v) is 5.49. The summed E-state index contributed by atoms with van der Waals surface area (Å²) in [5.74, 6) is 1.37. The molecule has 3 heteroatoms. The predicted molar refractivity (Wildman–Crippen MR) is 72.8 cm³/mol. The fourth-order valence-corrected chi connectivity index (χ4v) is 3.16. The number of hydrogen-bond donors (Lipinski definition) is 1. The number of carbonyl (C=O) groups excluding carboxylic acids is 1. The molecule has 2 nitrogen and oxygen atoms in total. The molecule has 0 bridgehead atoms. The maximum atomic E-state index is 12.2. The summed E-state index contributed by atoms with van der Waals surface area (Å²) in [5.41, 5.74) is 0.908. The minimum absolute atomic E-state index is 0.145. The second-order valence-electron chi connectivity index (χ2n) is 4.43. The molecule has 1 N–H and O–H groups in total. The molecular formula is C14H19NOS. The maximum Gasteiger partial charge on any atom is 0.169 e. The van der Waals surface area contributed by atoms with E-state index in [0.29, 0.717) is 5.78 Å². The van der Waals surface area contributed by atoms with Crippen LogP contribution in [0, 0.1) is 5.92 Å². The second kappa shape index (κ2) is 6.22. The number of rotatable bonds is 5. The van der Waals surface area contributed by atoms with Gasteiger partial charge < -0.3 is 5.32 Å². The molecule has 1 atom stereocenters. The first-order valence-corrected chi connectivity index (χ1v) is 7.28. The molecule has 0 amide bonds. The van der Waals surface area contributed by atoms with E-state index >= 15 is 0 Å². The Morgan fingerprint density at radius 3 is 3.06 bits per heavy atom. The topological polar surface area (TPSA) is 29.1 Å². The molecule has 1 aromatic rings. The Morgan fingerprint density at radius 2 is 2.24 bits per heavy atom. The molecular weight excluding hydrogens is 230 g/mol. The van der Waals surface area contributed by atoms with E-state index in [-0.39, 0.29) is 5.92 Å². The van der Waals surface area contributed by atoms with Crippen LogP contribution in [-0.4, -0.2) is 24.6 Å². The fourth-order valence-electron chi connectivity index (χ4n) is 2.01. The molecule has 0 saturated heterocycles. The van der Waals surface area contributed by atoms with Gasteiger partial charge in [-0.2, -0.15) is 0 Å². The summed E-state index contributed by atoms with van der Waals surface area (Å²) in [6.07, 6.45) is 2.38. The van der Waals surface area contributed by atoms with E-state index in [9.17, 15) is 4.79 Å². The van der Waals surface area contributed by atoms with Gasteiger partial charge in [-0.05, 0) is 19.0 Å². The lowest BCUT2D eigenvalue weighted by Crippen LogP contribution is -2.33. The Morgan fingerprint density at radius 1 is 1.41 bits per heavy atom. The molecule has 1 aromatic carbocycles. The smallest absolute Gasteiger partial charge is 0.169 e. The third-order valence-electron chi connectivity index (χ3n) is 3.06. The number of carbonyl (C=O) groups is 1. The quantitative estimate of drug-likeness (QED) is 0.813. The van der Waals surface area contributed by atoms with Crippen molar-refractivity contribution in [2.75, 3.05) is 18.8 Å². The molecule has 0 saturated carbocycles. The number of thioether (sulfide) groups is 1. The van der Waals surface area contributed by atoms with Gasteiger partial charge in [-0.25, -0.2) is 0 Å². The largest absolute Gasteiger partial charge is 0.316 e. The summed E-state index contributed by atoms with van der Waals surface area (Å²) < 4.78 is 0. The fraction of sp³-hybridized carbons (Fsp3) is 0.500. The van der Waals surface area contributed by atoms with Crippen LogP contribution in [0.1, 0.15) is 30.1 Å². The number of Topliss-reactive ketones (excluding diaryl/α,β-unsaturated/α-hetero) is 1. The molecule has 0 spiro atoms. The molecule has 17 heavy (non-hydrogen) atoms. The maximum absolute atomic E-state index is 12.2. The van der Waals surface area contributed by atoms with Crippen LogP contribution in [0.15, 0.2) is 29.2 Å². The summed E-state index contributed by atoms with van der Waals surface area (Å²) in [6, 6.07) is 7.94. The Labute approximate surface area is 107 Å². The molecule has 2 rings (SSSR count). The van der Waals surface area contributed by atoms with Gasteiger partial charge in [0.05, 0.1) is 0 Å². The van der Waals surface area contributed by atoms with Crippen LogP contribution >= 0.6 is 11.8 Å². The van der Waals surface area contributed by atoms with E-state index in [2.05, 4.69) is 12.2 Å². The average molecular weight is 249 g/mol. The molecule has 0 unspecified atom stereocenters. The number of fused-ring (bicyclic) bond motifs is 1. The standard InChI is InChI=1S/C14H19NOS/c1-2-3-8-15-9-11-10-17-13-7-5-4-6-12(13)14(11)16/h4-7,11,15H,2-3,8-10H2,1H3/t11-/m0/s1. The van der Waals surface area contributed by atoms with Crippen LogP contribution < -0.4 is 5.32 Å². The van der Waals surface area contributed by atoms with Crippen LogP contribution in [0.25, 0.3) is 0 Å². The van der Waals surface area contributed by atoms with Crippen LogP contribution in [0.2, 0.25) is 0 Å². The lowest BCUT2D eigenvalue weighted by molar-refractivity contribution is 0.0926. The van der Waals surface area contributed by atoms with Crippen molar-refractivity contribution >= 4 is 17.5 Å². The first kappa shape index (κ1) is 12.7. The first-order valence-electron chi connectivity index (χ1n) is 6.29. The normalized spacial score (nSPS) is 19.1. The van der Waals surface area contributed by atoms with Crippen molar-refractivity contribution in [1.29, 1.82) is 0 Å². The zero-order chi connectivity index (χ0) is 12.1. The number of nitrogens with one attached hydrogen (secondary N) is 1. The van der Waals surface area contributed by atoms with Gasteiger partial charge in [-0.1, -0.05) is 31.5 Å². The Hall–Kier alpha value is -0.800. The molecule has 92 valence electrons. The Bertz CT molecular complexity index is 392. The minimum Gasteiger partial charge on any atom is -0.316 e. The Kier molecular flexibility index (Phi) is 4.63. The molecule has 1 aliphatic rings. The summed E-state index contributed by atoms with van der Waals surface area (Å²) in [5, 5.41) is 3.38. The Balaban J connectivity index is 1.93. The predicted octanol–water partition coefficient (Wildman–Crippen LogP) is 2.98. The van der Waals surface area contributed by atoms with Crippen LogP contribution in [-0.2, 0) is 0 Å². The molecule has 1 aliphatic heterocycles. The number of benzene rings is 1. The van der Waals surface area contributed by atoms with Gasteiger partial charge in [-0.3, -0.25) is 4.79 Å². The molecule has 0 aliphatic carbocycles. The van der Waals surface area contributed by atoms with Crippen LogP contribution in [0.5, 0.6) is 0 Å². The summed E-state index contributed by atoms with van der Waals surface area (Å²) in [7, 11) is 0. The van der Waals surface area contributed by atoms with Crippen molar-refractivity contribution in [2.24, 2.45) is 5.92 Å². The van der Waals surface area contributed by atoms with Gasteiger partial charge in [0.2, 0.25) is 0 Å². The van der Waals surface area contributed by atoms with Gasteiger partial charge in [0, 0.05) is 28.7 Å². The average Bonchev–Trinajstić information content (AvgIpc) is 2.37. The molecule has 0 radical (unpaired) electrons. The lowest BCUT2D eigenvalue weighted by atomic mass is 9.98. The zero-order valence-corrected chi connectivity index (χ0v) is 11.1. The van der Waals surface area contributed by atoms with E-state index in [1.807, 2.05) is 24.3 Å². The van der Waals surface area contributed by atoms with Crippen molar-refractivity contribution in [3.8, 4) is 0 Å². The van der Waals surface area contributed by atoms with Crippen molar-refractivity contribution in [3.05, 3.63) is 29.8 Å². The van der Waals surface area contributed by atoms with Crippen molar-refractivity contribution in [1.82, 2.24) is 5.32 Å². The molecule has 0 aromatic heterocycles.